The van der Waals surface area contributed by atoms with E-state index in [0.717, 1.165) is 28.7 Å². The lowest BCUT2D eigenvalue weighted by Gasteiger charge is -2.19. The van der Waals surface area contributed by atoms with Crippen LogP contribution in [0.4, 0.5) is 0 Å². The number of phenols is 1. The molecular weight excluding hydrogens is 394 g/mol. The van der Waals surface area contributed by atoms with Crippen LogP contribution in [0.25, 0.3) is 0 Å². The van der Waals surface area contributed by atoms with Crippen LogP contribution >= 0.6 is 15.9 Å². The molecule has 2 aromatic rings. The van der Waals surface area contributed by atoms with E-state index in [0.29, 0.717) is 17.8 Å². The highest BCUT2D eigenvalue weighted by atomic mass is 79.9. The zero-order chi connectivity index (χ0) is 19.1. The van der Waals surface area contributed by atoms with Crippen molar-refractivity contribution in [3.63, 3.8) is 0 Å². The Labute approximate surface area is 162 Å². The van der Waals surface area contributed by atoms with Crippen molar-refractivity contribution in [1.82, 2.24) is 10.3 Å². The minimum absolute atomic E-state index is 0.269. The first-order valence-corrected chi connectivity index (χ1v) is 9.39. The number of hydrogen-bond donors (Lipinski definition) is 2. The summed E-state index contributed by atoms with van der Waals surface area (Å²) in [5.74, 6) is -0.00957. The highest BCUT2D eigenvalue weighted by molar-refractivity contribution is 9.10. The standard InChI is InChI=1S/C20H24BrN3O2/c1-4-24(5-2)13-16-12-15(10-11-19(16)25)14(3)22-23-20(26)17-8-6-7-9-18(17)21/h6-12,25H,4-5,13H2,1-3H3,(H,23,26)/b22-14+. The van der Waals surface area contributed by atoms with Crippen LogP contribution in [0.2, 0.25) is 0 Å². The fraction of sp³-hybridized carbons (Fsp3) is 0.300. The molecule has 2 N–H and O–H groups in total. The Hall–Kier alpha value is -2.18. The SMILES string of the molecule is CCN(CC)Cc1cc(/C(C)=N/NC(=O)c2ccccc2Br)ccc1O. The smallest absolute Gasteiger partial charge is 0.272 e. The van der Waals surface area contributed by atoms with Gasteiger partial charge >= 0.3 is 0 Å². The van der Waals surface area contributed by atoms with Crippen molar-refractivity contribution in [1.29, 1.82) is 0 Å². The summed E-state index contributed by atoms with van der Waals surface area (Å²) in [6, 6.07) is 12.6. The Morgan fingerprint density at radius 2 is 1.88 bits per heavy atom. The van der Waals surface area contributed by atoms with Crippen molar-refractivity contribution in [3.8, 4) is 5.75 Å². The molecule has 0 aliphatic rings. The highest BCUT2D eigenvalue weighted by Gasteiger charge is 2.10. The summed E-state index contributed by atoms with van der Waals surface area (Å²) in [7, 11) is 0. The Kier molecular flexibility index (Phi) is 7.36. The van der Waals surface area contributed by atoms with Crippen LogP contribution in [0, 0.1) is 0 Å². The summed E-state index contributed by atoms with van der Waals surface area (Å²) in [4.78, 5) is 14.5. The molecule has 0 fully saturated rings. The fourth-order valence-corrected chi connectivity index (χ4v) is 2.99. The zero-order valence-corrected chi connectivity index (χ0v) is 16.9. The van der Waals surface area contributed by atoms with Gasteiger partial charge < -0.3 is 5.11 Å². The number of benzene rings is 2. The number of halogens is 1. The third-order valence-electron chi connectivity index (χ3n) is 4.23. The van der Waals surface area contributed by atoms with Crippen molar-refractivity contribution in [2.24, 2.45) is 5.10 Å². The Balaban J connectivity index is 2.16. The van der Waals surface area contributed by atoms with Gasteiger partial charge in [0.25, 0.3) is 5.91 Å². The van der Waals surface area contributed by atoms with Gasteiger partial charge in [-0.05, 0) is 71.8 Å². The first-order chi connectivity index (χ1) is 12.5. The average Bonchev–Trinajstić information content (AvgIpc) is 2.65. The van der Waals surface area contributed by atoms with Crippen molar-refractivity contribution >= 4 is 27.5 Å². The Morgan fingerprint density at radius 3 is 2.54 bits per heavy atom. The molecule has 6 heteroatoms. The van der Waals surface area contributed by atoms with Gasteiger partial charge in [0.05, 0.1) is 11.3 Å². The predicted molar refractivity (Wildman–Crippen MR) is 109 cm³/mol. The van der Waals surface area contributed by atoms with Gasteiger partial charge in [-0.1, -0.05) is 26.0 Å². The molecule has 0 bridgehead atoms. The van der Waals surface area contributed by atoms with Crippen molar-refractivity contribution in [2.75, 3.05) is 13.1 Å². The number of amides is 1. The molecule has 0 atom stereocenters. The van der Waals surface area contributed by atoms with Crippen LogP contribution in [0.15, 0.2) is 52.0 Å². The summed E-state index contributed by atoms with van der Waals surface area (Å²) in [5, 5.41) is 14.3. The third kappa shape index (κ3) is 5.16. The lowest BCUT2D eigenvalue weighted by atomic mass is 10.1. The average molecular weight is 418 g/mol. The van der Waals surface area contributed by atoms with Gasteiger partial charge in [-0.3, -0.25) is 9.69 Å². The van der Waals surface area contributed by atoms with Crippen LogP contribution in [-0.2, 0) is 6.54 Å². The molecule has 0 radical (unpaired) electrons. The summed E-state index contributed by atoms with van der Waals surface area (Å²) >= 11 is 3.36. The first-order valence-electron chi connectivity index (χ1n) is 8.60. The second-order valence-corrected chi connectivity index (χ2v) is 6.78. The summed E-state index contributed by atoms with van der Waals surface area (Å²) < 4.78 is 0.719. The van der Waals surface area contributed by atoms with E-state index in [9.17, 15) is 9.90 Å². The minimum Gasteiger partial charge on any atom is -0.508 e. The van der Waals surface area contributed by atoms with E-state index < -0.39 is 0 Å². The van der Waals surface area contributed by atoms with Crippen molar-refractivity contribution in [3.05, 3.63) is 63.6 Å². The van der Waals surface area contributed by atoms with Gasteiger partial charge in [0.15, 0.2) is 0 Å². The van der Waals surface area contributed by atoms with E-state index in [4.69, 9.17) is 0 Å². The van der Waals surface area contributed by atoms with E-state index in [1.165, 1.54) is 0 Å². The molecule has 0 aromatic heterocycles. The monoisotopic (exact) mass is 417 g/mol. The predicted octanol–water partition coefficient (Wildman–Crippen LogP) is 4.15. The van der Waals surface area contributed by atoms with E-state index in [1.807, 2.05) is 25.1 Å². The van der Waals surface area contributed by atoms with Crippen molar-refractivity contribution < 1.29 is 9.90 Å². The lowest BCUT2D eigenvalue weighted by Crippen LogP contribution is -2.22. The number of phenolic OH excluding ortho intramolecular Hbond substituents is 1. The minimum atomic E-state index is -0.279. The van der Waals surface area contributed by atoms with Crippen LogP contribution in [0.3, 0.4) is 0 Å². The normalized spacial score (nSPS) is 11.7. The first kappa shape index (κ1) is 20.1. The zero-order valence-electron chi connectivity index (χ0n) is 15.3. The molecule has 138 valence electrons. The molecule has 0 saturated heterocycles. The molecule has 0 heterocycles. The molecule has 26 heavy (non-hydrogen) atoms. The fourth-order valence-electron chi connectivity index (χ4n) is 2.53. The second kappa shape index (κ2) is 9.50. The van der Waals surface area contributed by atoms with Gasteiger partial charge in [-0.15, -0.1) is 0 Å². The van der Waals surface area contributed by atoms with Crippen molar-refractivity contribution in [2.45, 2.75) is 27.3 Å². The Bertz CT molecular complexity index is 801. The molecule has 0 unspecified atom stereocenters. The Morgan fingerprint density at radius 1 is 1.19 bits per heavy atom. The van der Waals surface area contributed by atoms with E-state index in [1.54, 1.807) is 24.3 Å². The molecular formula is C20H24BrN3O2. The number of carbonyl (C=O) groups excluding carboxylic acids is 1. The molecule has 1 amide bonds. The summed E-state index contributed by atoms with van der Waals surface area (Å²) in [6.07, 6.45) is 0. The number of carbonyl (C=O) groups is 1. The molecule has 0 spiro atoms. The maximum atomic E-state index is 12.3. The highest BCUT2D eigenvalue weighted by Crippen LogP contribution is 2.21. The van der Waals surface area contributed by atoms with E-state index >= 15 is 0 Å². The van der Waals surface area contributed by atoms with Crippen LogP contribution in [0.5, 0.6) is 5.75 Å². The molecule has 0 aliphatic carbocycles. The molecule has 2 aromatic carbocycles. The van der Waals surface area contributed by atoms with E-state index in [-0.39, 0.29) is 11.7 Å². The number of hydrogen-bond acceptors (Lipinski definition) is 4. The maximum absolute atomic E-state index is 12.3. The van der Waals surface area contributed by atoms with Gasteiger partial charge in [0, 0.05) is 16.6 Å². The number of aromatic hydroxyl groups is 1. The summed E-state index contributed by atoms with van der Waals surface area (Å²) in [5.41, 5.74) is 5.48. The van der Waals surface area contributed by atoms with Gasteiger partial charge in [0.2, 0.25) is 0 Å². The van der Waals surface area contributed by atoms with Crippen LogP contribution in [-0.4, -0.2) is 34.7 Å². The topological polar surface area (TPSA) is 64.9 Å². The largest absolute Gasteiger partial charge is 0.508 e. The quantitative estimate of drug-likeness (QED) is 0.525. The van der Waals surface area contributed by atoms with Crippen LogP contribution < -0.4 is 5.43 Å². The second-order valence-electron chi connectivity index (χ2n) is 5.92. The molecule has 0 saturated carbocycles. The number of rotatable bonds is 7. The number of nitrogens with zero attached hydrogens (tertiary/aromatic N) is 2. The molecule has 5 nitrogen and oxygen atoms in total. The van der Waals surface area contributed by atoms with Gasteiger partial charge in [0.1, 0.15) is 5.75 Å². The van der Waals surface area contributed by atoms with Crippen LogP contribution in [0.1, 0.15) is 42.3 Å². The lowest BCUT2D eigenvalue weighted by molar-refractivity contribution is 0.0954. The number of hydrazone groups is 1. The van der Waals surface area contributed by atoms with Gasteiger partial charge in [-0.2, -0.15) is 5.10 Å². The third-order valence-corrected chi connectivity index (χ3v) is 4.92. The van der Waals surface area contributed by atoms with E-state index in [2.05, 4.69) is 45.2 Å². The molecule has 2 rings (SSSR count). The number of nitrogens with one attached hydrogen (secondary N) is 1. The summed E-state index contributed by atoms with van der Waals surface area (Å²) in [6.45, 7) is 8.50. The maximum Gasteiger partial charge on any atom is 0.272 e. The molecule has 0 aliphatic heterocycles. The van der Waals surface area contributed by atoms with Gasteiger partial charge in [-0.25, -0.2) is 5.43 Å².